The molecule has 0 fully saturated rings. The molecule has 0 spiro atoms. The third-order valence-electron chi connectivity index (χ3n) is 2.32. The van der Waals surface area contributed by atoms with Gasteiger partial charge in [-0.15, -0.1) is 0 Å². The molecule has 0 aliphatic rings. The van der Waals surface area contributed by atoms with Gasteiger partial charge in [-0.25, -0.2) is 0 Å². The molecule has 0 saturated carbocycles. The van der Waals surface area contributed by atoms with Crippen molar-refractivity contribution >= 4 is 11.7 Å². The van der Waals surface area contributed by atoms with Gasteiger partial charge in [0.15, 0.2) is 5.78 Å². The van der Waals surface area contributed by atoms with Gasteiger partial charge in [-0.05, 0) is 18.9 Å². The molecule has 1 rings (SSSR count). The van der Waals surface area contributed by atoms with Crippen LogP contribution in [0, 0.1) is 0 Å². The quantitative estimate of drug-likeness (QED) is 0.769. The van der Waals surface area contributed by atoms with Gasteiger partial charge in [0.1, 0.15) is 0 Å². The van der Waals surface area contributed by atoms with E-state index < -0.39 is 0 Å². The fourth-order valence-corrected chi connectivity index (χ4v) is 1.52. The summed E-state index contributed by atoms with van der Waals surface area (Å²) < 4.78 is 0. The van der Waals surface area contributed by atoms with Crippen molar-refractivity contribution < 1.29 is 9.59 Å². The third kappa shape index (κ3) is 3.50. The summed E-state index contributed by atoms with van der Waals surface area (Å²) in [4.78, 5) is 22.9. The summed E-state index contributed by atoms with van der Waals surface area (Å²) in [5.74, 6) is -0.0329. The van der Waals surface area contributed by atoms with Crippen molar-refractivity contribution in [3.8, 4) is 0 Å². The Hall–Kier alpha value is -1.64. The van der Waals surface area contributed by atoms with Crippen molar-refractivity contribution in [1.29, 1.82) is 0 Å². The summed E-state index contributed by atoms with van der Waals surface area (Å²) in [6.45, 7) is 4.20. The second-order valence-electron chi connectivity index (χ2n) is 3.74. The van der Waals surface area contributed by atoms with Gasteiger partial charge in [0.05, 0.1) is 6.42 Å². The average molecular weight is 219 g/mol. The first kappa shape index (κ1) is 12.4. The maximum absolute atomic E-state index is 11.5. The molecule has 16 heavy (non-hydrogen) atoms. The van der Waals surface area contributed by atoms with E-state index in [4.69, 9.17) is 0 Å². The van der Waals surface area contributed by atoms with Crippen LogP contribution in [0.4, 0.5) is 0 Å². The van der Waals surface area contributed by atoms with Gasteiger partial charge >= 0.3 is 0 Å². The highest BCUT2D eigenvalue weighted by molar-refractivity contribution is 5.96. The Morgan fingerprint density at radius 3 is 2.56 bits per heavy atom. The summed E-state index contributed by atoms with van der Waals surface area (Å²) in [6.07, 6.45) is 1.19. The van der Waals surface area contributed by atoms with Gasteiger partial charge in [0.25, 0.3) is 0 Å². The Bertz CT molecular complexity index is 385. The Kier molecular flexibility index (Phi) is 4.70. The van der Waals surface area contributed by atoms with Crippen molar-refractivity contribution in [3.05, 3.63) is 35.4 Å². The van der Waals surface area contributed by atoms with E-state index in [0.717, 1.165) is 12.0 Å². The smallest absolute Gasteiger partial charge is 0.224 e. The zero-order chi connectivity index (χ0) is 12.0. The molecule has 0 radical (unpaired) electrons. The third-order valence-corrected chi connectivity index (χ3v) is 2.32. The van der Waals surface area contributed by atoms with Gasteiger partial charge in [0, 0.05) is 12.1 Å². The van der Waals surface area contributed by atoms with Crippen LogP contribution in [0.25, 0.3) is 0 Å². The van der Waals surface area contributed by atoms with Crippen LogP contribution >= 0.6 is 0 Å². The fourth-order valence-electron chi connectivity index (χ4n) is 1.52. The number of carbonyl (C=O) groups is 2. The monoisotopic (exact) mass is 219 g/mol. The zero-order valence-electron chi connectivity index (χ0n) is 9.75. The molecular weight excluding hydrogens is 202 g/mol. The van der Waals surface area contributed by atoms with Crippen molar-refractivity contribution in [1.82, 2.24) is 5.32 Å². The highest BCUT2D eigenvalue weighted by Crippen LogP contribution is 2.10. The Balaban J connectivity index is 2.73. The number of carbonyl (C=O) groups excluding carboxylic acids is 2. The standard InChI is InChI=1S/C13H17NO2/c1-3-8-14-13(16)9-11-6-4-5-7-12(11)10(2)15/h4-7H,3,8-9H2,1-2H3,(H,14,16). The number of hydrogen-bond acceptors (Lipinski definition) is 2. The molecule has 1 amide bonds. The van der Waals surface area contributed by atoms with E-state index in [1.54, 1.807) is 6.07 Å². The maximum Gasteiger partial charge on any atom is 0.224 e. The van der Waals surface area contributed by atoms with Crippen LogP contribution in [0.1, 0.15) is 36.2 Å². The fraction of sp³-hybridized carbons (Fsp3) is 0.385. The minimum absolute atomic E-state index is 0.00103. The molecule has 0 saturated heterocycles. The van der Waals surface area contributed by atoms with Crippen LogP contribution in [-0.4, -0.2) is 18.2 Å². The number of amides is 1. The summed E-state index contributed by atoms with van der Waals surface area (Å²) in [6, 6.07) is 7.23. The summed E-state index contributed by atoms with van der Waals surface area (Å²) >= 11 is 0. The van der Waals surface area contributed by atoms with Crippen LogP contribution in [0.5, 0.6) is 0 Å². The molecule has 0 atom stereocenters. The Morgan fingerprint density at radius 1 is 1.25 bits per heavy atom. The van der Waals surface area contributed by atoms with Crippen molar-refractivity contribution in [3.63, 3.8) is 0 Å². The van der Waals surface area contributed by atoms with Crippen molar-refractivity contribution in [2.45, 2.75) is 26.7 Å². The molecule has 0 aliphatic carbocycles. The van der Waals surface area contributed by atoms with Crippen LogP contribution in [0.15, 0.2) is 24.3 Å². The lowest BCUT2D eigenvalue weighted by atomic mass is 10.0. The van der Waals surface area contributed by atoms with E-state index in [2.05, 4.69) is 5.32 Å². The van der Waals surface area contributed by atoms with Gasteiger partial charge in [0.2, 0.25) is 5.91 Å². The van der Waals surface area contributed by atoms with Gasteiger partial charge in [-0.2, -0.15) is 0 Å². The number of rotatable bonds is 5. The minimum Gasteiger partial charge on any atom is -0.356 e. The molecule has 86 valence electrons. The minimum atomic E-state index is -0.0319. The van der Waals surface area contributed by atoms with Crippen LogP contribution < -0.4 is 5.32 Å². The highest BCUT2D eigenvalue weighted by Gasteiger charge is 2.09. The number of nitrogens with one attached hydrogen (secondary N) is 1. The maximum atomic E-state index is 11.5. The molecule has 3 heteroatoms. The molecule has 3 nitrogen and oxygen atoms in total. The Labute approximate surface area is 95.9 Å². The summed E-state index contributed by atoms with van der Waals surface area (Å²) in [7, 11) is 0. The predicted molar refractivity (Wildman–Crippen MR) is 63.5 cm³/mol. The number of ketones is 1. The van der Waals surface area contributed by atoms with Gasteiger partial charge in [-0.3, -0.25) is 9.59 Å². The number of hydrogen-bond donors (Lipinski definition) is 1. The first-order valence-electron chi connectivity index (χ1n) is 5.50. The van der Waals surface area contributed by atoms with E-state index in [1.807, 2.05) is 25.1 Å². The van der Waals surface area contributed by atoms with Gasteiger partial charge < -0.3 is 5.32 Å². The first-order chi connectivity index (χ1) is 7.65. The first-order valence-corrected chi connectivity index (χ1v) is 5.50. The second-order valence-corrected chi connectivity index (χ2v) is 3.74. The second kappa shape index (κ2) is 6.05. The lowest BCUT2D eigenvalue weighted by Crippen LogP contribution is -2.26. The molecule has 1 aromatic rings. The lowest BCUT2D eigenvalue weighted by molar-refractivity contribution is -0.120. The van der Waals surface area contributed by atoms with E-state index in [1.165, 1.54) is 6.92 Å². The zero-order valence-corrected chi connectivity index (χ0v) is 9.75. The molecule has 0 aromatic heterocycles. The number of Topliss-reactive ketones (excluding diaryl/α,β-unsaturated/α-hetero) is 1. The normalized spacial score (nSPS) is 9.88. The van der Waals surface area contributed by atoms with Crippen LogP contribution in [0.3, 0.4) is 0 Å². The molecular formula is C13H17NO2. The molecule has 1 N–H and O–H groups in total. The molecule has 0 unspecified atom stereocenters. The highest BCUT2D eigenvalue weighted by atomic mass is 16.1. The van der Waals surface area contributed by atoms with Gasteiger partial charge in [-0.1, -0.05) is 31.2 Å². The molecule has 0 aliphatic heterocycles. The topological polar surface area (TPSA) is 46.2 Å². The summed E-state index contributed by atoms with van der Waals surface area (Å²) in [5, 5.41) is 2.80. The SMILES string of the molecule is CCCNC(=O)Cc1ccccc1C(C)=O. The van der Waals surface area contributed by atoms with Crippen molar-refractivity contribution in [2.75, 3.05) is 6.54 Å². The largest absolute Gasteiger partial charge is 0.356 e. The molecule has 0 bridgehead atoms. The Morgan fingerprint density at radius 2 is 1.94 bits per heavy atom. The van der Waals surface area contributed by atoms with E-state index in [-0.39, 0.29) is 18.1 Å². The van der Waals surface area contributed by atoms with Crippen molar-refractivity contribution in [2.24, 2.45) is 0 Å². The molecule has 0 heterocycles. The van der Waals surface area contributed by atoms with E-state index in [0.29, 0.717) is 12.1 Å². The van der Waals surface area contributed by atoms with Crippen LogP contribution in [0.2, 0.25) is 0 Å². The average Bonchev–Trinajstić information content (AvgIpc) is 2.27. The predicted octanol–water partition coefficient (Wildman–Crippen LogP) is 1.96. The van der Waals surface area contributed by atoms with E-state index >= 15 is 0 Å². The van der Waals surface area contributed by atoms with E-state index in [9.17, 15) is 9.59 Å². The van der Waals surface area contributed by atoms with Crippen LogP contribution in [-0.2, 0) is 11.2 Å². The molecule has 1 aromatic carbocycles. The lowest BCUT2D eigenvalue weighted by Gasteiger charge is -2.07. The number of benzene rings is 1. The summed E-state index contributed by atoms with van der Waals surface area (Å²) in [5.41, 5.74) is 1.43.